The van der Waals surface area contributed by atoms with Gasteiger partial charge in [0.1, 0.15) is 15.7 Å². The minimum absolute atomic E-state index is 0.121. The van der Waals surface area contributed by atoms with E-state index in [0.717, 1.165) is 0 Å². The molecule has 7 heteroatoms. The third-order valence-corrected chi connectivity index (χ3v) is 14.7. The molecule has 0 aromatic heterocycles. The number of ketones is 1. The van der Waals surface area contributed by atoms with Crippen molar-refractivity contribution in [3.8, 4) is 0 Å². The van der Waals surface area contributed by atoms with Gasteiger partial charge >= 0.3 is 0 Å². The van der Waals surface area contributed by atoms with Crippen molar-refractivity contribution in [2.45, 2.75) is 74.0 Å². The first-order chi connectivity index (χ1) is 17.0. The first-order valence-corrected chi connectivity index (χ1v) is 16.1. The number of halogens is 4. The van der Waals surface area contributed by atoms with Crippen molar-refractivity contribution in [2.75, 3.05) is 0 Å². The van der Waals surface area contributed by atoms with Crippen molar-refractivity contribution < 1.29 is 9.22 Å². The van der Waals surface area contributed by atoms with E-state index in [1.165, 1.54) is 43.8 Å². The smallest absolute Gasteiger partial charge is 0.259 e. The fourth-order valence-electron chi connectivity index (χ4n) is 6.91. The van der Waals surface area contributed by atoms with Gasteiger partial charge in [-0.25, -0.2) is 0 Å². The summed E-state index contributed by atoms with van der Waals surface area (Å²) in [6.07, 6.45) is 0. The zero-order valence-corrected chi connectivity index (χ0v) is 26.9. The molecule has 4 rings (SSSR count). The van der Waals surface area contributed by atoms with Crippen LogP contribution < -0.4 is 10.4 Å². The van der Waals surface area contributed by atoms with E-state index >= 15 is 0 Å². The van der Waals surface area contributed by atoms with Crippen molar-refractivity contribution in [1.29, 1.82) is 0 Å². The fraction of sp³-hybridized carbons (Fsp3) is 0.433. The average molecular weight is 596 g/mol. The first-order valence-electron chi connectivity index (χ1n) is 12.5. The third kappa shape index (κ3) is 4.29. The van der Waals surface area contributed by atoms with E-state index in [-0.39, 0.29) is 31.5 Å². The Hall–Kier alpha value is -1.07. The second-order valence-electron chi connectivity index (χ2n) is 11.9. The highest BCUT2D eigenvalue weighted by Crippen LogP contribution is 2.61. The van der Waals surface area contributed by atoms with Crippen LogP contribution in [0.3, 0.4) is 0 Å². The van der Waals surface area contributed by atoms with Crippen LogP contribution in [0.2, 0.25) is 6.04 Å². The van der Waals surface area contributed by atoms with Crippen molar-refractivity contribution in [3.05, 3.63) is 77.8 Å². The molecular formula is C30H34Cl4O2Si. The highest BCUT2D eigenvalue weighted by molar-refractivity contribution is 6.99. The number of carbonyl (C=O) groups excluding carboxylic acids is 1. The second-order valence-corrected chi connectivity index (χ2v) is 16.7. The van der Waals surface area contributed by atoms with Crippen LogP contribution in [0.4, 0.5) is 0 Å². The fourth-order valence-corrected chi connectivity index (χ4v) is 14.5. The van der Waals surface area contributed by atoms with Crippen molar-refractivity contribution in [1.82, 2.24) is 0 Å². The number of hydrogen-bond donors (Lipinski definition) is 0. The van der Waals surface area contributed by atoms with Gasteiger partial charge in [0.25, 0.3) is 8.32 Å². The van der Waals surface area contributed by atoms with Crippen LogP contribution in [0.25, 0.3) is 0 Å². The van der Waals surface area contributed by atoms with E-state index in [9.17, 15) is 4.79 Å². The number of hydrogen-bond acceptors (Lipinski definition) is 2. The van der Waals surface area contributed by atoms with Crippen molar-refractivity contribution in [3.63, 3.8) is 0 Å². The molecule has 0 saturated carbocycles. The predicted molar refractivity (Wildman–Crippen MR) is 160 cm³/mol. The molecule has 1 fully saturated rings. The van der Waals surface area contributed by atoms with Gasteiger partial charge < -0.3 is 4.43 Å². The van der Waals surface area contributed by atoms with Gasteiger partial charge in [0.15, 0.2) is 0 Å². The van der Waals surface area contributed by atoms with Crippen LogP contribution in [-0.2, 0) is 9.22 Å². The highest BCUT2D eigenvalue weighted by atomic mass is 35.5. The summed E-state index contributed by atoms with van der Waals surface area (Å²) >= 11 is 27.2. The summed E-state index contributed by atoms with van der Waals surface area (Å²) in [5.41, 5.74) is 5.49. The molecule has 2 aromatic rings. The van der Waals surface area contributed by atoms with Crippen molar-refractivity contribution in [2.24, 2.45) is 11.3 Å². The van der Waals surface area contributed by atoms with Gasteiger partial charge in [-0.15, -0.1) is 0 Å². The SMILES string of the molecule is Cc1cc(C)c([Si]2(c3c(C)cc(C)cc3C)CC(C(C)(C)C)C3(O2)C(Cl)=C(Cl)C(=O)C(Cl)=C3Cl)c(C)c1. The molecule has 0 amide bonds. The molecule has 2 aromatic carbocycles. The van der Waals surface area contributed by atoms with Gasteiger partial charge in [0, 0.05) is 5.92 Å². The highest BCUT2D eigenvalue weighted by Gasteiger charge is 2.67. The zero-order valence-electron chi connectivity index (χ0n) is 22.9. The van der Waals surface area contributed by atoms with Gasteiger partial charge in [-0.3, -0.25) is 4.79 Å². The Morgan fingerprint density at radius 1 is 0.757 bits per heavy atom. The molecule has 1 atom stereocenters. The monoisotopic (exact) mass is 594 g/mol. The quantitative estimate of drug-likeness (QED) is 0.329. The van der Waals surface area contributed by atoms with Crippen LogP contribution in [0.5, 0.6) is 0 Å². The maximum atomic E-state index is 12.8. The van der Waals surface area contributed by atoms with Crippen molar-refractivity contribution >= 4 is 70.9 Å². The number of benzene rings is 2. The van der Waals surface area contributed by atoms with Gasteiger partial charge in [-0.1, -0.05) is 103 Å². The minimum atomic E-state index is -3.07. The maximum absolute atomic E-state index is 12.8. The molecule has 2 nitrogen and oxygen atoms in total. The summed E-state index contributed by atoms with van der Waals surface area (Å²) in [4.78, 5) is 12.8. The number of Topliss-reactive ketones (excluding diaryl/α,β-unsaturated/α-hetero) is 1. The molecule has 2 aliphatic rings. The van der Waals surface area contributed by atoms with Crippen LogP contribution >= 0.6 is 46.4 Å². The predicted octanol–water partition coefficient (Wildman–Crippen LogP) is 7.99. The lowest BCUT2D eigenvalue weighted by atomic mass is 9.70. The molecular weight excluding hydrogens is 562 g/mol. The third-order valence-electron chi connectivity index (χ3n) is 7.96. The molecule has 1 unspecified atom stereocenters. The lowest BCUT2D eigenvalue weighted by Gasteiger charge is -2.44. The molecule has 1 aliphatic heterocycles. The van der Waals surface area contributed by atoms with E-state index in [1.807, 2.05) is 0 Å². The minimum Gasteiger partial charge on any atom is -0.392 e. The van der Waals surface area contributed by atoms with Crippen LogP contribution in [0.15, 0.2) is 44.4 Å². The molecule has 37 heavy (non-hydrogen) atoms. The summed E-state index contributed by atoms with van der Waals surface area (Å²) in [6.45, 7) is 19.3. The van der Waals surface area contributed by atoms with Crippen LogP contribution in [-0.4, -0.2) is 19.7 Å². The summed E-state index contributed by atoms with van der Waals surface area (Å²) in [6, 6.07) is 9.58. The number of aryl methyl sites for hydroxylation is 6. The molecule has 1 aliphatic carbocycles. The number of allylic oxidation sites excluding steroid dienone is 2. The molecule has 1 saturated heterocycles. The van der Waals surface area contributed by atoms with E-state index in [2.05, 4.69) is 86.6 Å². The molecule has 1 heterocycles. The number of carbonyl (C=O) groups is 1. The van der Waals surface area contributed by atoms with E-state index in [0.29, 0.717) is 6.04 Å². The topological polar surface area (TPSA) is 26.3 Å². The second kappa shape index (κ2) is 9.54. The lowest BCUT2D eigenvalue weighted by Crippen LogP contribution is -2.63. The zero-order chi connectivity index (χ0) is 27.8. The lowest BCUT2D eigenvalue weighted by molar-refractivity contribution is -0.111. The maximum Gasteiger partial charge on any atom is 0.259 e. The average Bonchev–Trinajstić information content (AvgIpc) is 3.12. The molecule has 0 radical (unpaired) electrons. The summed E-state index contributed by atoms with van der Waals surface area (Å²) in [5, 5.41) is 2.46. The Morgan fingerprint density at radius 2 is 1.11 bits per heavy atom. The van der Waals surface area contributed by atoms with Gasteiger partial charge in [-0.2, -0.15) is 0 Å². The largest absolute Gasteiger partial charge is 0.392 e. The number of rotatable bonds is 2. The van der Waals surface area contributed by atoms with Gasteiger partial charge in [0.2, 0.25) is 5.78 Å². The molecule has 198 valence electrons. The van der Waals surface area contributed by atoms with Crippen LogP contribution in [0, 0.1) is 52.9 Å². The van der Waals surface area contributed by atoms with Crippen LogP contribution in [0.1, 0.15) is 54.2 Å². The standard InChI is InChI=1S/C30H34Cl4O2Si/c1-15-10-17(3)25(18(4)11-15)37(26-19(5)12-16(2)13-20(26)6)14-21(29(7,8)9)30(36-37)27(33)22(31)24(35)23(32)28(30)34/h10-13,21H,14H2,1-9H3. The van der Waals surface area contributed by atoms with E-state index < -0.39 is 19.7 Å². The molecule has 0 bridgehead atoms. The summed E-state index contributed by atoms with van der Waals surface area (Å²) in [7, 11) is -3.07. The normalized spacial score (nSPS) is 21.4. The Morgan fingerprint density at radius 3 is 1.43 bits per heavy atom. The Bertz CT molecular complexity index is 1270. The molecule has 0 N–H and O–H groups in total. The summed E-state index contributed by atoms with van der Waals surface area (Å²) < 4.78 is 7.54. The van der Waals surface area contributed by atoms with Gasteiger partial charge in [0.05, 0.1) is 10.1 Å². The Labute approximate surface area is 242 Å². The van der Waals surface area contributed by atoms with E-state index in [4.69, 9.17) is 50.8 Å². The first kappa shape index (κ1) is 28.9. The van der Waals surface area contributed by atoms with Gasteiger partial charge in [-0.05, 0) is 85.6 Å². The molecule has 1 spiro atoms. The van der Waals surface area contributed by atoms with E-state index in [1.54, 1.807) is 0 Å². The Balaban J connectivity index is 2.21. The summed E-state index contributed by atoms with van der Waals surface area (Å²) in [5.74, 6) is -0.757. The Kier molecular flexibility index (Phi) is 7.45.